The van der Waals surface area contributed by atoms with Crippen LogP contribution in [0.1, 0.15) is 31.2 Å². The van der Waals surface area contributed by atoms with E-state index in [2.05, 4.69) is 31.0 Å². The van der Waals surface area contributed by atoms with Crippen LogP contribution in [0.25, 0.3) is 0 Å². The van der Waals surface area contributed by atoms with Gasteiger partial charge >= 0.3 is 0 Å². The molecule has 3 heteroatoms. The zero-order valence-corrected chi connectivity index (χ0v) is 12.1. The van der Waals surface area contributed by atoms with Gasteiger partial charge in [-0.05, 0) is 12.0 Å². The lowest BCUT2D eigenvalue weighted by molar-refractivity contribution is -0.877. The van der Waals surface area contributed by atoms with Gasteiger partial charge in [-0.2, -0.15) is 0 Å². The Balaban J connectivity index is 2.08. The van der Waals surface area contributed by atoms with E-state index in [-0.39, 0.29) is 5.92 Å². The molecule has 0 bridgehead atoms. The minimum Gasteiger partial charge on any atom is -0.336 e. The predicted octanol–water partition coefficient (Wildman–Crippen LogP) is 0.927. The van der Waals surface area contributed by atoms with Gasteiger partial charge in [0.25, 0.3) is 0 Å². The molecule has 1 amide bonds. The number of nitrogens with zero attached hydrogens (tertiary/aromatic N) is 1. The van der Waals surface area contributed by atoms with Gasteiger partial charge in [0.05, 0.1) is 32.6 Å². The second-order valence-electron chi connectivity index (χ2n) is 5.51. The van der Waals surface area contributed by atoms with Crippen LogP contribution in [-0.2, 0) is 4.79 Å². The molecule has 2 atom stereocenters. The molecule has 1 heterocycles. The minimum atomic E-state index is 0.0274. The Bertz CT molecular complexity index is 404. The summed E-state index contributed by atoms with van der Waals surface area (Å²) in [5.41, 5.74) is 1.15. The second-order valence-corrected chi connectivity index (χ2v) is 5.51. The van der Waals surface area contributed by atoms with Crippen molar-refractivity contribution in [3.8, 4) is 0 Å². The maximum Gasteiger partial charge on any atom is 0.230 e. The summed E-state index contributed by atoms with van der Waals surface area (Å²) in [6.07, 6.45) is 1.99. The van der Waals surface area contributed by atoms with E-state index in [0.717, 1.165) is 38.0 Å². The van der Waals surface area contributed by atoms with Gasteiger partial charge < -0.3 is 9.80 Å². The number of hydrogen-bond donors (Lipinski definition) is 1. The van der Waals surface area contributed by atoms with E-state index < -0.39 is 0 Å². The molecule has 1 aromatic carbocycles. The van der Waals surface area contributed by atoms with Crippen LogP contribution in [-0.4, -0.2) is 44.0 Å². The molecule has 1 fully saturated rings. The van der Waals surface area contributed by atoms with Crippen LogP contribution >= 0.6 is 0 Å². The van der Waals surface area contributed by atoms with Gasteiger partial charge in [0.1, 0.15) is 0 Å². The lowest BCUT2D eigenvalue weighted by Gasteiger charge is -2.25. The fourth-order valence-electron chi connectivity index (χ4n) is 2.81. The Morgan fingerprint density at radius 3 is 2.68 bits per heavy atom. The normalized spacial score (nSPS) is 21.8. The monoisotopic (exact) mass is 261 g/mol. The first-order valence-corrected chi connectivity index (χ1v) is 7.37. The third-order valence-electron chi connectivity index (χ3n) is 4.06. The van der Waals surface area contributed by atoms with E-state index in [9.17, 15) is 4.79 Å². The number of benzene rings is 1. The summed E-state index contributed by atoms with van der Waals surface area (Å²) in [6, 6.07) is 10.2. The SMILES string of the molecule is CC[C@@H](C(=O)N1CCC[NH+](C)CC1)c1ccccc1. The van der Waals surface area contributed by atoms with Crippen molar-refractivity contribution in [3.63, 3.8) is 0 Å². The highest BCUT2D eigenvalue weighted by molar-refractivity contribution is 5.83. The average molecular weight is 261 g/mol. The van der Waals surface area contributed by atoms with E-state index in [4.69, 9.17) is 0 Å². The Hall–Kier alpha value is -1.35. The molecular formula is C16H25N2O+. The van der Waals surface area contributed by atoms with Crippen molar-refractivity contribution in [2.45, 2.75) is 25.7 Å². The number of quaternary nitrogens is 1. The van der Waals surface area contributed by atoms with Crippen molar-refractivity contribution >= 4 is 5.91 Å². The molecule has 104 valence electrons. The highest BCUT2D eigenvalue weighted by atomic mass is 16.2. The molecule has 3 nitrogen and oxygen atoms in total. The molecule has 2 rings (SSSR count). The molecule has 1 N–H and O–H groups in total. The number of likely N-dealkylation sites (N-methyl/N-ethyl adjacent to an activating group) is 1. The lowest BCUT2D eigenvalue weighted by Crippen LogP contribution is -3.09. The van der Waals surface area contributed by atoms with E-state index in [1.165, 1.54) is 11.4 Å². The van der Waals surface area contributed by atoms with Gasteiger partial charge in [0.2, 0.25) is 5.91 Å². The molecule has 0 aliphatic carbocycles. The largest absolute Gasteiger partial charge is 0.336 e. The van der Waals surface area contributed by atoms with Crippen molar-refractivity contribution in [2.75, 3.05) is 33.2 Å². The van der Waals surface area contributed by atoms with E-state index in [1.54, 1.807) is 0 Å². The Morgan fingerprint density at radius 1 is 1.26 bits per heavy atom. The van der Waals surface area contributed by atoms with Crippen LogP contribution in [0.5, 0.6) is 0 Å². The highest BCUT2D eigenvalue weighted by Crippen LogP contribution is 2.22. The van der Waals surface area contributed by atoms with Crippen LogP contribution in [0.2, 0.25) is 0 Å². The first-order valence-electron chi connectivity index (χ1n) is 7.37. The highest BCUT2D eigenvalue weighted by Gasteiger charge is 2.26. The van der Waals surface area contributed by atoms with Crippen LogP contribution < -0.4 is 4.90 Å². The first-order chi connectivity index (χ1) is 9.22. The van der Waals surface area contributed by atoms with E-state index in [0.29, 0.717) is 5.91 Å². The fraction of sp³-hybridized carbons (Fsp3) is 0.562. The molecule has 1 aliphatic rings. The van der Waals surface area contributed by atoms with Crippen molar-refractivity contribution in [2.24, 2.45) is 0 Å². The maximum absolute atomic E-state index is 12.7. The number of hydrogen-bond acceptors (Lipinski definition) is 1. The molecule has 1 saturated heterocycles. The fourth-order valence-corrected chi connectivity index (χ4v) is 2.81. The zero-order chi connectivity index (χ0) is 13.7. The summed E-state index contributed by atoms with van der Waals surface area (Å²) >= 11 is 0. The van der Waals surface area contributed by atoms with Gasteiger partial charge in [0.15, 0.2) is 0 Å². The molecule has 1 aliphatic heterocycles. The van der Waals surface area contributed by atoms with E-state index in [1.807, 2.05) is 18.2 Å². The van der Waals surface area contributed by atoms with Gasteiger partial charge in [-0.1, -0.05) is 37.3 Å². The number of nitrogens with one attached hydrogen (secondary N) is 1. The maximum atomic E-state index is 12.7. The minimum absolute atomic E-state index is 0.0274. The number of carbonyl (C=O) groups excluding carboxylic acids is 1. The Morgan fingerprint density at radius 2 is 2.00 bits per heavy atom. The molecular weight excluding hydrogens is 236 g/mol. The molecule has 19 heavy (non-hydrogen) atoms. The third kappa shape index (κ3) is 3.57. The molecule has 0 saturated carbocycles. The summed E-state index contributed by atoms with van der Waals surface area (Å²) in [5.74, 6) is 0.336. The van der Waals surface area contributed by atoms with Gasteiger partial charge in [-0.3, -0.25) is 4.79 Å². The topological polar surface area (TPSA) is 24.8 Å². The number of rotatable bonds is 3. The Kier molecular flexibility index (Phi) is 4.97. The average Bonchev–Trinajstić information content (AvgIpc) is 2.65. The van der Waals surface area contributed by atoms with Gasteiger partial charge in [0, 0.05) is 13.0 Å². The standard InChI is InChI=1S/C16H24N2O/c1-3-15(14-8-5-4-6-9-14)16(19)18-11-7-10-17(2)12-13-18/h4-6,8-9,15H,3,7,10-13H2,1-2H3/p+1/t15-/m1/s1. The predicted molar refractivity (Wildman–Crippen MR) is 77.3 cm³/mol. The lowest BCUT2D eigenvalue weighted by atomic mass is 9.95. The number of carbonyl (C=O) groups is 1. The summed E-state index contributed by atoms with van der Waals surface area (Å²) in [7, 11) is 2.21. The quantitative estimate of drug-likeness (QED) is 0.860. The smallest absolute Gasteiger partial charge is 0.230 e. The van der Waals surface area contributed by atoms with Crippen molar-refractivity contribution in [3.05, 3.63) is 35.9 Å². The van der Waals surface area contributed by atoms with E-state index >= 15 is 0 Å². The van der Waals surface area contributed by atoms with Crippen molar-refractivity contribution < 1.29 is 9.69 Å². The Labute approximate surface area is 116 Å². The van der Waals surface area contributed by atoms with Gasteiger partial charge in [-0.15, -0.1) is 0 Å². The summed E-state index contributed by atoms with van der Waals surface area (Å²) in [6.45, 7) is 6.15. The third-order valence-corrected chi connectivity index (χ3v) is 4.06. The van der Waals surface area contributed by atoms with Crippen LogP contribution in [0.15, 0.2) is 30.3 Å². The summed E-state index contributed by atoms with van der Waals surface area (Å²) < 4.78 is 0. The second kappa shape index (κ2) is 6.71. The number of amides is 1. The van der Waals surface area contributed by atoms with Crippen molar-refractivity contribution in [1.82, 2.24) is 4.90 Å². The van der Waals surface area contributed by atoms with Crippen molar-refractivity contribution in [1.29, 1.82) is 0 Å². The summed E-state index contributed by atoms with van der Waals surface area (Å²) in [4.78, 5) is 16.3. The van der Waals surface area contributed by atoms with Crippen LogP contribution in [0.4, 0.5) is 0 Å². The first kappa shape index (κ1) is 14.1. The van der Waals surface area contributed by atoms with Gasteiger partial charge in [-0.25, -0.2) is 0 Å². The molecule has 0 radical (unpaired) electrons. The zero-order valence-electron chi connectivity index (χ0n) is 12.1. The molecule has 1 aromatic rings. The molecule has 0 spiro atoms. The van der Waals surface area contributed by atoms with Crippen LogP contribution in [0.3, 0.4) is 0 Å². The summed E-state index contributed by atoms with van der Waals surface area (Å²) in [5, 5.41) is 0. The van der Waals surface area contributed by atoms with Crippen LogP contribution in [0, 0.1) is 0 Å². The molecule has 0 aromatic heterocycles. The molecule has 1 unspecified atom stereocenters.